The van der Waals surface area contributed by atoms with E-state index in [1.54, 1.807) is 0 Å². The predicted molar refractivity (Wildman–Crippen MR) is 146 cm³/mol. The lowest BCUT2D eigenvalue weighted by Gasteiger charge is -2.38. The lowest BCUT2D eigenvalue weighted by Crippen LogP contribution is -2.60. The van der Waals surface area contributed by atoms with E-state index in [1.165, 1.54) is 60.4 Å². The molecule has 0 amide bonds. The summed E-state index contributed by atoms with van der Waals surface area (Å²) in [4.78, 5) is 0. The summed E-state index contributed by atoms with van der Waals surface area (Å²) < 4.78 is 8.95. The van der Waals surface area contributed by atoms with Gasteiger partial charge in [0.25, 0.3) is 6.71 Å². The molecule has 3 aliphatic heterocycles. The molecule has 170 valence electrons. The van der Waals surface area contributed by atoms with Crippen molar-refractivity contribution in [3.05, 3.63) is 65.9 Å². The first-order valence-electron chi connectivity index (χ1n) is 12.6. The van der Waals surface area contributed by atoms with Crippen molar-refractivity contribution in [2.75, 3.05) is 0 Å². The highest BCUT2D eigenvalue weighted by Gasteiger charge is 2.46. The molecule has 35 heavy (non-hydrogen) atoms. The van der Waals surface area contributed by atoms with Gasteiger partial charge >= 0.3 is 0 Å². The van der Waals surface area contributed by atoms with Crippen LogP contribution in [0.15, 0.2) is 54.6 Å². The van der Waals surface area contributed by atoms with Gasteiger partial charge in [-0.15, -0.1) is 0 Å². The van der Waals surface area contributed by atoms with Gasteiger partial charge in [0.15, 0.2) is 0 Å². The lowest BCUT2D eigenvalue weighted by atomic mass is 9.31. The van der Waals surface area contributed by atoms with Crippen LogP contribution in [-0.2, 0) is 10.8 Å². The number of ether oxygens (including phenoxy) is 1. The third-order valence-corrected chi connectivity index (χ3v) is 8.21. The standard InChI is InChI=1S/C31H27BN2O/c1-30(2,3)17-14-21-26-23(15-17)35-22-12-8-11-19-18-10-7-9-16-13-20-28(27(24(16)18)32(26)25(19)22)34(21)33-29(20)31(4,5)6/h7-15H,1-6H3. The molecular weight excluding hydrogens is 427 g/mol. The van der Waals surface area contributed by atoms with Crippen molar-refractivity contribution >= 4 is 44.8 Å². The van der Waals surface area contributed by atoms with E-state index in [-0.39, 0.29) is 17.5 Å². The Hall–Kier alpha value is -3.53. The first-order chi connectivity index (χ1) is 16.6. The van der Waals surface area contributed by atoms with Crippen LogP contribution in [0.25, 0.3) is 38.5 Å². The summed E-state index contributed by atoms with van der Waals surface area (Å²) in [6.07, 6.45) is 0. The number of aromatic nitrogens is 2. The molecule has 4 aromatic carbocycles. The molecule has 4 heterocycles. The Balaban J connectivity index is 1.67. The summed E-state index contributed by atoms with van der Waals surface area (Å²) in [6, 6.07) is 20.3. The quantitative estimate of drug-likeness (QED) is 0.275. The molecule has 0 fully saturated rings. The second kappa shape index (κ2) is 5.82. The van der Waals surface area contributed by atoms with Gasteiger partial charge < -0.3 is 4.74 Å². The highest BCUT2D eigenvalue weighted by molar-refractivity contribution is 7.02. The normalized spacial score (nSPS) is 14.7. The maximum Gasteiger partial charge on any atom is 0.258 e. The Morgan fingerprint density at radius 3 is 2.31 bits per heavy atom. The second-order valence-electron chi connectivity index (χ2n) is 12.5. The van der Waals surface area contributed by atoms with E-state index in [9.17, 15) is 0 Å². The van der Waals surface area contributed by atoms with Crippen LogP contribution in [-0.4, -0.2) is 16.5 Å². The van der Waals surface area contributed by atoms with Crippen LogP contribution in [0, 0.1) is 0 Å². The summed E-state index contributed by atoms with van der Waals surface area (Å²) in [5.74, 6) is 1.96. The zero-order valence-electron chi connectivity index (χ0n) is 21.1. The Kier molecular flexibility index (Phi) is 3.28. The fourth-order valence-corrected chi connectivity index (χ4v) is 6.64. The van der Waals surface area contributed by atoms with Crippen LogP contribution in [0.1, 0.15) is 52.8 Å². The van der Waals surface area contributed by atoms with Gasteiger partial charge in [0.1, 0.15) is 11.5 Å². The minimum atomic E-state index is -0.0691. The molecule has 3 aliphatic rings. The summed E-state index contributed by atoms with van der Waals surface area (Å²) in [5, 5.41) is 9.29. The summed E-state index contributed by atoms with van der Waals surface area (Å²) >= 11 is 0. The lowest BCUT2D eigenvalue weighted by molar-refractivity contribution is 0.482. The Labute approximate surface area is 205 Å². The number of fused-ring (bicyclic) bond motifs is 2. The third kappa shape index (κ3) is 2.26. The highest BCUT2D eigenvalue weighted by Crippen LogP contribution is 2.44. The maximum atomic E-state index is 6.71. The van der Waals surface area contributed by atoms with Crippen molar-refractivity contribution in [3.63, 3.8) is 0 Å². The molecule has 0 atom stereocenters. The van der Waals surface area contributed by atoms with Crippen molar-refractivity contribution in [2.45, 2.75) is 52.4 Å². The minimum absolute atomic E-state index is 0.000459. The SMILES string of the molecule is CC(C)(C)c1cc2c3c(c1)-n1nc(C(C)(C)C)c4cc5cccc6c5c(c41)B3c1c(cccc1-6)O2. The van der Waals surface area contributed by atoms with Gasteiger partial charge in [-0.1, -0.05) is 71.9 Å². The molecule has 0 saturated heterocycles. The summed E-state index contributed by atoms with van der Waals surface area (Å²) in [5.41, 5.74) is 11.4. The van der Waals surface area contributed by atoms with E-state index in [0.717, 1.165) is 17.2 Å². The average Bonchev–Trinajstić information content (AvgIpc) is 3.20. The van der Waals surface area contributed by atoms with Gasteiger partial charge in [-0.3, -0.25) is 0 Å². The fraction of sp³-hybridized carbons (Fsp3) is 0.258. The molecule has 0 saturated carbocycles. The zero-order valence-corrected chi connectivity index (χ0v) is 21.1. The first kappa shape index (κ1) is 19.7. The Bertz CT molecular complexity index is 1800. The molecule has 8 rings (SSSR count). The Morgan fingerprint density at radius 2 is 1.54 bits per heavy atom. The molecule has 5 aromatic rings. The number of hydrogen-bond donors (Lipinski definition) is 0. The van der Waals surface area contributed by atoms with Crippen LogP contribution in [0.4, 0.5) is 0 Å². The number of rotatable bonds is 0. The van der Waals surface area contributed by atoms with Crippen LogP contribution in [0.3, 0.4) is 0 Å². The molecule has 0 spiro atoms. The maximum absolute atomic E-state index is 6.71. The molecule has 1 aromatic heterocycles. The van der Waals surface area contributed by atoms with E-state index in [4.69, 9.17) is 9.84 Å². The largest absolute Gasteiger partial charge is 0.458 e. The molecule has 3 nitrogen and oxygen atoms in total. The van der Waals surface area contributed by atoms with E-state index < -0.39 is 0 Å². The van der Waals surface area contributed by atoms with E-state index in [2.05, 4.69) is 101 Å². The van der Waals surface area contributed by atoms with Crippen LogP contribution >= 0.6 is 0 Å². The molecular formula is C31H27BN2O. The fourth-order valence-electron chi connectivity index (χ4n) is 6.64. The number of benzene rings is 4. The first-order valence-corrected chi connectivity index (χ1v) is 12.6. The van der Waals surface area contributed by atoms with Gasteiger partial charge in [0.2, 0.25) is 0 Å². The molecule has 0 bridgehead atoms. The third-order valence-electron chi connectivity index (χ3n) is 8.21. The van der Waals surface area contributed by atoms with Crippen molar-refractivity contribution in [1.29, 1.82) is 0 Å². The van der Waals surface area contributed by atoms with Gasteiger partial charge in [0.05, 0.1) is 16.9 Å². The number of hydrogen-bond acceptors (Lipinski definition) is 2. The van der Waals surface area contributed by atoms with Gasteiger partial charge in [0, 0.05) is 10.8 Å². The van der Waals surface area contributed by atoms with Gasteiger partial charge in [-0.2, -0.15) is 5.10 Å². The van der Waals surface area contributed by atoms with Crippen LogP contribution in [0.2, 0.25) is 0 Å². The van der Waals surface area contributed by atoms with Crippen molar-refractivity contribution < 1.29 is 4.74 Å². The summed E-state index contributed by atoms with van der Waals surface area (Å²) in [6.45, 7) is 13.8. The van der Waals surface area contributed by atoms with Crippen molar-refractivity contribution in [3.8, 4) is 28.3 Å². The highest BCUT2D eigenvalue weighted by atomic mass is 16.5. The zero-order chi connectivity index (χ0) is 24.0. The van der Waals surface area contributed by atoms with Crippen LogP contribution in [0.5, 0.6) is 11.5 Å². The number of nitrogens with zero attached hydrogens (tertiary/aromatic N) is 2. The van der Waals surface area contributed by atoms with E-state index in [1.807, 2.05) is 0 Å². The monoisotopic (exact) mass is 454 g/mol. The molecule has 4 heteroatoms. The van der Waals surface area contributed by atoms with Gasteiger partial charge in [-0.25, -0.2) is 4.68 Å². The second-order valence-corrected chi connectivity index (χ2v) is 12.5. The molecule has 0 N–H and O–H groups in total. The topological polar surface area (TPSA) is 27.1 Å². The minimum Gasteiger partial charge on any atom is -0.458 e. The summed E-state index contributed by atoms with van der Waals surface area (Å²) in [7, 11) is 0. The smallest absolute Gasteiger partial charge is 0.258 e. The molecule has 0 radical (unpaired) electrons. The Morgan fingerprint density at radius 1 is 0.771 bits per heavy atom. The van der Waals surface area contributed by atoms with Crippen LogP contribution < -0.4 is 21.1 Å². The van der Waals surface area contributed by atoms with E-state index in [0.29, 0.717) is 0 Å². The predicted octanol–water partition coefficient (Wildman–Crippen LogP) is 5.69. The average molecular weight is 454 g/mol. The van der Waals surface area contributed by atoms with Crippen molar-refractivity contribution in [2.24, 2.45) is 0 Å². The molecule has 0 unspecified atom stereocenters. The van der Waals surface area contributed by atoms with E-state index >= 15 is 0 Å². The van der Waals surface area contributed by atoms with Crippen molar-refractivity contribution in [1.82, 2.24) is 9.78 Å². The van der Waals surface area contributed by atoms with Gasteiger partial charge in [-0.05, 0) is 73.5 Å². The molecule has 0 aliphatic carbocycles.